The van der Waals surface area contributed by atoms with Gasteiger partial charge in [-0.15, -0.1) is 0 Å². The molecule has 2 aliphatic heterocycles. The Morgan fingerprint density at radius 1 is 1.42 bits per heavy atom. The van der Waals surface area contributed by atoms with Crippen LogP contribution in [0.3, 0.4) is 0 Å². The molecule has 1 saturated heterocycles. The molecule has 3 aliphatic rings. The zero-order chi connectivity index (χ0) is 13.4. The average molecular weight is 279 g/mol. The van der Waals surface area contributed by atoms with Gasteiger partial charge in [0, 0.05) is 23.6 Å². The van der Waals surface area contributed by atoms with E-state index in [4.69, 9.17) is 0 Å². The Kier molecular flexibility index (Phi) is 3.39. The number of fused-ring (bicyclic) bond motifs is 2. The van der Waals surface area contributed by atoms with E-state index < -0.39 is 12.0 Å². The van der Waals surface area contributed by atoms with E-state index in [1.807, 2.05) is 0 Å². The van der Waals surface area contributed by atoms with Crippen molar-refractivity contribution in [2.45, 2.75) is 31.7 Å². The summed E-state index contributed by atoms with van der Waals surface area (Å²) in [4.78, 5) is 25.3. The van der Waals surface area contributed by atoms with Crippen molar-refractivity contribution in [3.63, 3.8) is 0 Å². The van der Waals surface area contributed by atoms with Crippen molar-refractivity contribution in [2.24, 2.45) is 5.92 Å². The molecule has 2 unspecified atom stereocenters. The maximum atomic E-state index is 12.3. The Morgan fingerprint density at radius 3 is 3.05 bits per heavy atom. The van der Waals surface area contributed by atoms with E-state index in [-0.39, 0.29) is 5.91 Å². The summed E-state index contributed by atoms with van der Waals surface area (Å²) in [6, 6.07) is -0.692. The molecule has 5 heteroatoms. The highest BCUT2D eigenvalue weighted by Crippen LogP contribution is 2.39. The summed E-state index contributed by atoms with van der Waals surface area (Å²) in [6.45, 7) is 0. The van der Waals surface area contributed by atoms with E-state index >= 15 is 0 Å². The van der Waals surface area contributed by atoms with Gasteiger partial charge in [-0.1, -0.05) is 12.2 Å². The third kappa shape index (κ3) is 2.20. The van der Waals surface area contributed by atoms with Crippen LogP contribution in [0.2, 0.25) is 0 Å². The molecule has 0 aromatic carbocycles. The summed E-state index contributed by atoms with van der Waals surface area (Å²) in [7, 11) is 0. The minimum atomic E-state index is -0.892. The van der Waals surface area contributed by atoms with Crippen molar-refractivity contribution in [3.8, 4) is 0 Å². The zero-order valence-corrected chi connectivity index (χ0v) is 11.5. The topological polar surface area (TPSA) is 57.6 Å². The van der Waals surface area contributed by atoms with Crippen LogP contribution < -0.4 is 0 Å². The van der Waals surface area contributed by atoms with Gasteiger partial charge >= 0.3 is 5.97 Å². The Hall–Kier alpha value is -1.23. The Labute approximate surface area is 116 Å². The number of thioether (sulfide) groups is 1. The van der Waals surface area contributed by atoms with Crippen LogP contribution in [0.15, 0.2) is 23.4 Å². The maximum Gasteiger partial charge on any atom is 0.327 e. The van der Waals surface area contributed by atoms with Crippen molar-refractivity contribution >= 4 is 23.6 Å². The van der Waals surface area contributed by atoms with Crippen LogP contribution in [0.5, 0.6) is 0 Å². The summed E-state index contributed by atoms with van der Waals surface area (Å²) >= 11 is 1.62. The number of carbonyl (C=O) groups is 2. The lowest BCUT2D eigenvalue weighted by Gasteiger charge is -2.36. The molecule has 102 valence electrons. The van der Waals surface area contributed by atoms with Crippen molar-refractivity contribution in [2.75, 3.05) is 11.5 Å². The number of carboxylic acid groups (broad SMARTS) is 1. The largest absolute Gasteiger partial charge is 0.480 e. The highest BCUT2D eigenvalue weighted by molar-refractivity contribution is 7.99. The molecule has 1 N–H and O–H groups in total. The molecule has 4 nitrogen and oxygen atoms in total. The molecule has 1 fully saturated rings. The highest BCUT2D eigenvalue weighted by atomic mass is 32.2. The molecule has 3 rings (SSSR count). The third-order valence-electron chi connectivity index (χ3n) is 4.13. The molecule has 1 aliphatic carbocycles. The van der Waals surface area contributed by atoms with Gasteiger partial charge in [-0.3, -0.25) is 9.69 Å². The number of carbonyl (C=O) groups excluding carboxylic acids is 1. The van der Waals surface area contributed by atoms with E-state index in [0.29, 0.717) is 18.1 Å². The summed E-state index contributed by atoms with van der Waals surface area (Å²) in [5, 5.41) is 9.33. The smallest absolute Gasteiger partial charge is 0.327 e. The number of allylic oxidation sites excluding steroid dienone is 3. The van der Waals surface area contributed by atoms with E-state index in [0.717, 1.165) is 30.7 Å². The number of nitrogens with zero attached hydrogens (tertiary/aromatic N) is 1. The van der Waals surface area contributed by atoms with Crippen molar-refractivity contribution in [1.29, 1.82) is 0 Å². The Bertz CT molecular complexity index is 483. The van der Waals surface area contributed by atoms with E-state index in [9.17, 15) is 14.7 Å². The fourth-order valence-corrected chi connectivity index (χ4v) is 4.31. The number of hydrogen-bond donors (Lipinski definition) is 1. The summed E-state index contributed by atoms with van der Waals surface area (Å²) in [5.41, 5.74) is 2.16. The van der Waals surface area contributed by atoms with Crippen LogP contribution in [0.25, 0.3) is 0 Å². The number of hydrogen-bond acceptors (Lipinski definition) is 3. The van der Waals surface area contributed by atoms with Gasteiger partial charge in [0.2, 0.25) is 5.91 Å². The second kappa shape index (κ2) is 5.04. The summed E-state index contributed by atoms with van der Waals surface area (Å²) in [6.07, 6.45) is 7.72. The number of carboxylic acids is 1. The van der Waals surface area contributed by atoms with Gasteiger partial charge in [-0.2, -0.15) is 11.8 Å². The predicted octanol–water partition coefficient (Wildman–Crippen LogP) is 2.03. The third-order valence-corrected chi connectivity index (χ3v) is 5.16. The standard InChI is InChI=1S/C14H17NO3S/c16-13-6-5-9-3-1-2-4-10(9)11-7-19-8-12(14(17)18)15(11)13/h2,4,9,12H,1,3,5-8H2,(H,17,18). The lowest BCUT2D eigenvalue weighted by atomic mass is 9.85. The van der Waals surface area contributed by atoms with Gasteiger partial charge in [0.1, 0.15) is 6.04 Å². The first-order valence-electron chi connectivity index (χ1n) is 6.70. The normalized spacial score (nSPS) is 30.7. The number of rotatable bonds is 1. The van der Waals surface area contributed by atoms with E-state index in [1.165, 1.54) is 5.57 Å². The Morgan fingerprint density at radius 2 is 2.26 bits per heavy atom. The number of amides is 1. The van der Waals surface area contributed by atoms with Crippen molar-refractivity contribution in [1.82, 2.24) is 4.90 Å². The van der Waals surface area contributed by atoms with E-state index in [1.54, 1.807) is 16.7 Å². The molecule has 19 heavy (non-hydrogen) atoms. The molecule has 2 heterocycles. The average Bonchev–Trinajstić information content (AvgIpc) is 2.57. The first-order valence-corrected chi connectivity index (χ1v) is 7.86. The monoisotopic (exact) mass is 279 g/mol. The fraction of sp³-hybridized carbons (Fsp3) is 0.571. The molecular weight excluding hydrogens is 262 g/mol. The molecule has 1 amide bonds. The predicted molar refractivity (Wildman–Crippen MR) is 73.7 cm³/mol. The molecule has 0 aromatic rings. The molecular formula is C14H17NO3S. The van der Waals surface area contributed by atoms with Crippen molar-refractivity contribution in [3.05, 3.63) is 23.4 Å². The second-order valence-electron chi connectivity index (χ2n) is 5.25. The first-order chi connectivity index (χ1) is 9.18. The van der Waals surface area contributed by atoms with Crippen LogP contribution >= 0.6 is 11.8 Å². The maximum absolute atomic E-state index is 12.3. The van der Waals surface area contributed by atoms with Crippen LogP contribution in [0.4, 0.5) is 0 Å². The minimum absolute atomic E-state index is 0.0157. The van der Waals surface area contributed by atoms with E-state index in [2.05, 4.69) is 12.2 Å². The lowest BCUT2D eigenvalue weighted by molar-refractivity contribution is -0.147. The lowest BCUT2D eigenvalue weighted by Crippen LogP contribution is -2.48. The number of aliphatic carboxylic acids is 1. The molecule has 0 bridgehead atoms. The van der Waals surface area contributed by atoms with Crippen LogP contribution in [0, 0.1) is 5.92 Å². The molecule has 0 radical (unpaired) electrons. The summed E-state index contributed by atoms with van der Waals surface area (Å²) < 4.78 is 0. The Balaban J connectivity index is 2.07. The SMILES string of the molecule is O=C(O)C1CSCC2=C3C=CCCC3CCC(=O)N21. The zero-order valence-electron chi connectivity index (χ0n) is 10.7. The quantitative estimate of drug-likeness (QED) is 0.798. The minimum Gasteiger partial charge on any atom is -0.480 e. The fourth-order valence-electron chi connectivity index (χ4n) is 3.18. The second-order valence-corrected chi connectivity index (χ2v) is 6.28. The molecule has 0 aromatic heterocycles. The molecule has 0 saturated carbocycles. The van der Waals surface area contributed by atoms with Crippen LogP contribution in [0.1, 0.15) is 25.7 Å². The van der Waals surface area contributed by atoms with Gasteiger partial charge in [0.05, 0.1) is 0 Å². The van der Waals surface area contributed by atoms with Gasteiger partial charge in [0.25, 0.3) is 0 Å². The van der Waals surface area contributed by atoms with Gasteiger partial charge in [-0.05, 0) is 30.8 Å². The summed E-state index contributed by atoms with van der Waals surface area (Å²) in [5.74, 6) is 0.773. The van der Waals surface area contributed by atoms with Crippen molar-refractivity contribution < 1.29 is 14.7 Å². The first kappa shape index (κ1) is 12.8. The van der Waals surface area contributed by atoms with Gasteiger partial charge < -0.3 is 5.11 Å². The highest BCUT2D eigenvalue weighted by Gasteiger charge is 2.39. The molecule has 0 spiro atoms. The van der Waals surface area contributed by atoms with Gasteiger partial charge in [0.15, 0.2) is 0 Å². The molecule has 2 atom stereocenters. The van der Waals surface area contributed by atoms with Crippen LogP contribution in [-0.4, -0.2) is 39.4 Å². The van der Waals surface area contributed by atoms with Gasteiger partial charge in [-0.25, -0.2) is 4.79 Å². The van der Waals surface area contributed by atoms with Crippen LogP contribution in [-0.2, 0) is 9.59 Å².